The maximum absolute atomic E-state index is 4.68. The summed E-state index contributed by atoms with van der Waals surface area (Å²) in [4.78, 5) is 0.815. The van der Waals surface area contributed by atoms with Crippen molar-refractivity contribution in [3.05, 3.63) is 13.8 Å². The minimum absolute atomic E-state index is 0. The van der Waals surface area contributed by atoms with E-state index < -0.39 is 0 Å². The predicted octanol–water partition coefficient (Wildman–Crippen LogP) is 1.60. The Kier molecular flexibility index (Phi) is 29.4. The van der Waals surface area contributed by atoms with Crippen LogP contribution in [0.3, 0.4) is 0 Å². The SMILES string of the molecule is [CH2-]C.[CH2-]CC(=S)NC.[Y]. The fourth-order valence-electron chi connectivity index (χ4n) is 0.125. The van der Waals surface area contributed by atoms with Gasteiger partial charge in [0, 0.05) is 44.7 Å². The van der Waals surface area contributed by atoms with Crippen molar-refractivity contribution < 1.29 is 32.7 Å². The summed E-state index contributed by atoms with van der Waals surface area (Å²) in [6, 6.07) is 0. The molecule has 0 aromatic carbocycles. The molecule has 0 bridgehead atoms. The first-order valence-electron chi connectivity index (χ1n) is 2.51. The van der Waals surface area contributed by atoms with Crippen molar-refractivity contribution in [2.75, 3.05) is 7.05 Å². The van der Waals surface area contributed by atoms with Gasteiger partial charge in [-0.2, -0.15) is 6.92 Å². The van der Waals surface area contributed by atoms with Crippen molar-refractivity contribution in [3.8, 4) is 0 Å². The molecule has 0 aromatic heterocycles. The Balaban J connectivity index is -0.000000109. The van der Waals surface area contributed by atoms with Crippen molar-refractivity contribution in [2.24, 2.45) is 0 Å². The van der Waals surface area contributed by atoms with Gasteiger partial charge in [0.25, 0.3) is 0 Å². The Morgan fingerprint density at radius 3 is 1.89 bits per heavy atom. The molecule has 0 spiro atoms. The number of thiocarbonyl (C=S) groups is 1. The van der Waals surface area contributed by atoms with Crippen LogP contribution in [0, 0.1) is 13.8 Å². The van der Waals surface area contributed by atoms with Crippen LogP contribution < -0.4 is 5.32 Å². The molecule has 0 aliphatic rings. The Hall–Kier alpha value is 0.994. The molecular formula is C6H13NSY-2. The number of hydrogen-bond acceptors (Lipinski definition) is 1. The number of rotatable bonds is 1. The molecule has 0 rings (SSSR count). The van der Waals surface area contributed by atoms with Crippen molar-refractivity contribution in [1.29, 1.82) is 0 Å². The quantitative estimate of drug-likeness (QED) is 0.532. The van der Waals surface area contributed by atoms with Crippen LogP contribution >= 0.6 is 12.2 Å². The van der Waals surface area contributed by atoms with E-state index in [1.54, 1.807) is 14.0 Å². The van der Waals surface area contributed by atoms with Gasteiger partial charge >= 0.3 is 0 Å². The van der Waals surface area contributed by atoms with Gasteiger partial charge in [-0.3, -0.25) is 0 Å². The average molecular weight is 220 g/mol. The first-order valence-corrected chi connectivity index (χ1v) is 2.92. The summed E-state index contributed by atoms with van der Waals surface area (Å²) in [7, 11) is 1.80. The summed E-state index contributed by atoms with van der Waals surface area (Å²) in [6.07, 6.45) is 0.700. The van der Waals surface area contributed by atoms with Crippen LogP contribution in [0.1, 0.15) is 13.3 Å². The van der Waals surface area contributed by atoms with Gasteiger partial charge in [-0.05, 0) is 0 Å². The molecule has 0 unspecified atom stereocenters. The van der Waals surface area contributed by atoms with E-state index in [9.17, 15) is 0 Å². The van der Waals surface area contributed by atoms with Gasteiger partial charge in [-0.1, -0.05) is 12.2 Å². The van der Waals surface area contributed by atoms with E-state index in [1.165, 1.54) is 0 Å². The third kappa shape index (κ3) is 17.6. The molecule has 1 radical (unpaired) electrons. The first-order chi connectivity index (χ1) is 3.81. The molecule has 0 saturated heterocycles. The van der Waals surface area contributed by atoms with E-state index in [2.05, 4.69) is 31.4 Å². The molecule has 3 heteroatoms. The van der Waals surface area contributed by atoms with Crippen LogP contribution in [0.5, 0.6) is 0 Å². The maximum Gasteiger partial charge on any atom is 0.0448 e. The van der Waals surface area contributed by atoms with E-state index in [4.69, 9.17) is 0 Å². The molecule has 0 saturated carbocycles. The molecular weight excluding hydrogens is 207 g/mol. The van der Waals surface area contributed by atoms with Crippen molar-refractivity contribution in [3.63, 3.8) is 0 Å². The monoisotopic (exact) mass is 220 g/mol. The molecule has 9 heavy (non-hydrogen) atoms. The zero-order chi connectivity index (χ0) is 6.99. The normalized spacial score (nSPS) is 5.78. The van der Waals surface area contributed by atoms with Crippen LogP contribution in [-0.2, 0) is 32.7 Å². The minimum atomic E-state index is 0. The second kappa shape index (κ2) is 16.0. The zero-order valence-electron chi connectivity index (χ0n) is 6.11. The molecule has 1 nitrogen and oxygen atoms in total. The van der Waals surface area contributed by atoms with Gasteiger partial charge in [0.2, 0.25) is 0 Å². The number of nitrogens with one attached hydrogen (secondary N) is 1. The third-order valence-electron chi connectivity index (χ3n) is 0.506. The van der Waals surface area contributed by atoms with Gasteiger partial charge in [0.1, 0.15) is 0 Å². The molecule has 0 fully saturated rings. The first kappa shape index (κ1) is 16.5. The minimum Gasteiger partial charge on any atom is -0.385 e. The van der Waals surface area contributed by atoms with E-state index in [1.807, 2.05) is 0 Å². The zero-order valence-corrected chi connectivity index (χ0v) is 9.76. The molecule has 0 aromatic rings. The van der Waals surface area contributed by atoms with Crippen LogP contribution in [0.4, 0.5) is 0 Å². The largest absolute Gasteiger partial charge is 0.385 e. The van der Waals surface area contributed by atoms with Crippen molar-refractivity contribution in [1.82, 2.24) is 5.32 Å². The summed E-state index contributed by atoms with van der Waals surface area (Å²) >= 11 is 4.68. The third-order valence-corrected chi connectivity index (χ3v) is 0.914. The molecule has 0 atom stereocenters. The molecule has 53 valence electrons. The summed E-state index contributed by atoms with van der Waals surface area (Å²) in [5, 5.41) is 2.78. The Morgan fingerprint density at radius 1 is 1.56 bits per heavy atom. The predicted molar refractivity (Wildman–Crippen MR) is 42.7 cm³/mol. The summed E-state index contributed by atoms with van der Waals surface area (Å²) in [5.74, 6) is 0. The fraction of sp³-hybridized carbons (Fsp3) is 0.500. The van der Waals surface area contributed by atoms with Crippen molar-refractivity contribution in [2.45, 2.75) is 13.3 Å². The molecule has 0 aliphatic carbocycles. The molecule has 0 aliphatic heterocycles. The Morgan fingerprint density at radius 2 is 1.89 bits per heavy atom. The molecule has 0 heterocycles. The van der Waals surface area contributed by atoms with Crippen LogP contribution in [-0.4, -0.2) is 12.0 Å². The summed E-state index contributed by atoms with van der Waals surface area (Å²) in [5.41, 5.74) is 0. The van der Waals surface area contributed by atoms with Gasteiger partial charge in [-0.15, -0.1) is 6.42 Å². The van der Waals surface area contributed by atoms with Crippen LogP contribution in [0.25, 0.3) is 0 Å². The second-order valence-corrected chi connectivity index (χ2v) is 1.42. The van der Waals surface area contributed by atoms with E-state index in [0.717, 1.165) is 4.99 Å². The van der Waals surface area contributed by atoms with Crippen LogP contribution in [0.2, 0.25) is 0 Å². The smallest absolute Gasteiger partial charge is 0.0448 e. The van der Waals surface area contributed by atoms with E-state index >= 15 is 0 Å². The fourth-order valence-corrected chi connectivity index (χ4v) is 0.125. The topological polar surface area (TPSA) is 12.0 Å². The maximum atomic E-state index is 4.68. The van der Waals surface area contributed by atoms with E-state index in [0.29, 0.717) is 6.42 Å². The standard InChI is InChI=1S/C4H8NS.C2H5.Y/c1-3-4(6)5-2;1-2;/h1,3H2,2H3,(H,5,6);1H2,2H3;/q2*-1;. The summed E-state index contributed by atoms with van der Waals surface area (Å²) in [6.45, 7) is 8.55. The number of hydrogen-bond donors (Lipinski definition) is 1. The van der Waals surface area contributed by atoms with Gasteiger partial charge in [0.15, 0.2) is 0 Å². The van der Waals surface area contributed by atoms with Gasteiger partial charge < -0.3 is 19.2 Å². The second-order valence-electron chi connectivity index (χ2n) is 0.923. The van der Waals surface area contributed by atoms with Gasteiger partial charge in [0.05, 0.1) is 0 Å². The molecule has 1 N–H and O–H groups in total. The van der Waals surface area contributed by atoms with E-state index in [-0.39, 0.29) is 32.7 Å². The summed E-state index contributed by atoms with van der Waals surface area (Å²) < 4.78 is 0. The van der Waals surface area contributed by atoms with Gasteiger partial charge in [-0.25, -0.2) is 0 Å². The van der Waals surface area contributed by atoms with Crippen molar-refractivity contribution >= 4 is 17.2 Å². The van der Waals surface area contributed by atoms with Crippen LogP contribution in [0.15, 0.2) is 0 Å². The average Bonchev–Trinajstić information content (AvgIpc) is 1.91. The molecule has 0 amide bonds. The Labute approximate surface area is 88.9 Å². The Bertz CT molecular complexity index is 51.0.